The van der Waals surface area contributed by atoms with Gasteiger partial charge in [0, 0.05) is 52.0 Å². The number of carbonyl (C=O) groups excluding carboxylic acids is 2. The van der Waals surface area contributed by atoms with E-state index in [1.807, 2.05) is 9.80 Å². The quantitative estimate of drug-likeness (QED) is 0.789. The van der Waals surface area contributed by atoms with E-state index in [-0.39, 0.29) is 30.0 Å². The molecule has 0 aliphatic carbocycles. The molecule has 1 atom stereocenters. The molecule has 4 rings (SSSR count). The molecule has 1 saturated heterocycles. The number of amides is 2. The topological polar surface area (TPSA) is 71.3 Å². The van der Waals surface area contributed by atoms with Crippen LogP contribution in [0.1, 0.15) is 42.9 Å². The third kappa shape index (κ3) is 4.31. The molecule has 7 nitrogen and oxygen atoms in total. The number of carbonyl (C=O) groups is 2. The molecule has 0 unspecified atom stereocenters. The highest BCUT2D eigenvalue weighted by molar-refractivity contribution is 5.78. The van der Waals surface area contributed by atoms with Crippen molar-refractivity contribution < 1.29 is 14.0 Å². The molecule has 1 fully saturated rings. The first-order valence-corrected chi connectivity index (χ1v) is 10.2. The second-order valence-electron chi connectivity index (χ2n) is 7.86. The van der Waals surface area contributed by atoms with Crippen LogP contribution in [0.25, 0.3) is 0 Å². The average Bonchev–Trinajstić information content (AvgIpc) is 3.01. The Labute approximate surface area is 169 Å². The molecule has 0 N–H and O–H groups in total. The van der Waals surface area contributed by atoms with E-state index in [1.54, 1.807) is 19.1 Å². The van der Waals surface area contributed by atoms with Crippen LogP contribution in [-0.2, 0) is 29.0 Å². The number of nitrogens with zero attached hydrogens (tertiary/aromatic N) is 5. The zero-order valence-corrected chi connectivity index (χ0v) is 16.7. The van der Waals surface area contributed by atoms with Gasteiger partial charge >= 0.3 is 0 Å². The second-order valence-corrected chi connectivity index (χ2v) is 7.86. The summed E-state index contributed by atoms with van der Waals surface area (Å²) in [5, 5.41) is 8.82. The Morgan fingerprint density at radius 2 is 1.86 bits per heavy atom. The van der Waals surface area contributed by atoms with Crippen molar-refractivity contribution in [1.29, 1.82) is 0 Å². The minimum Gasteiger partial charge on any atom is -0.342 e. The molecular formula is C21H26FN5O2. The first-order chi connectivity index (χ1) is 14.0. The molecule has 0 radical (unpaired) electrons. The van der Waals surface area contributed by atoms with Crippen LogP contribution < -0.4 is 0 Å². The number of halogens is 1. The lowest BCUT2D eigenvalue weighted by atomic mass is 9.97. The fraction of sp³-hybridized carbons (Fsp3) is 0.524. The van der Waals surface area contributed by atoms with Gasteiger partial charge in [0.25, 0.3) is 0 Å². The van der Waals surface area contributed by atoms with Gasteiger partial charge in [-0.15, -0.1) is 10.2 Å². The van der Waals surface area contributed by atoms with E-state index in [9.17, 15) is 14.0 Å². The van der Waals surface area contributed by atoms with Crippen molar-refractivity contribution in [2.75, 3.05) is 26.2 Å². The fourth-order valence-electron chi connectivity index (χ4n) is 4.26. The van der Waals surface area contributed by atoms with Crippen LogP contribution in [0.3, 0.4) is 0 Å². The Bertz CT molecular complexity index is 895. The van der Waals surface area contributed by atoms with Crippen LogP contribution in [0.4, 0.5) is 4.39 Å². The number of piperidine rings is 1. The van der Waals surface area contributed by atoms with E-state index in [2.05, 4.69) is 14.8 Å². The summed E-state index contributed by atoms with van der Waals surface area (Å²) in [5.41, 5.74) is 0.812. The Morgan fingerprint density at radius 1 is 1.07 bits per heavy atom. The number of benzene rings is 1. The van der Waals surface area contributed by atoms with Gasteiger partial charge in [-0.25, -0.2) is 4.39 Å². The van der Waals surface area contributed by atoms with Crippen molar-refractivity contribution in [2.24, 2.45) is 0 Å². The summed E-state index contributed by atoms with van der Waals surface area (Å²) < 4.78 is 15.2. The lowest BCUT2D eigenvalue weighted by Crippen LogP contribution is -2.38. The van der Waals surface area contributed by atoms with Crippen LogP contribution in [0.2, 0.25) is 0 Å². The monoisotopic (exact) mass is 399 g/mol. The van der Waals surface area contributed by atoms with Gasteiger partial charge in [0.2, 0.25) is 11.8 Å². The van der Waals surface area contributed by atoms with E-state index in [4.69, 9.17) is 0 Å². The molecule has 0 saturated carbocycles. The van der Waals surface area contributed by atoms with E-state index in [0.717, 1.165) is 36.6 Å². The molecule has 2 amide bonds. The van der Waals surface area contributed by atoms with Gasteiger partial charge in [-0.1, -0.05) is 12.1 Å². The summed E-state index contributed by atoms with van der Waals surface area (Å²) in [6.07, 6.45) is 2.89. The zero-order chi connectivity index (χ0) is 20.4. The largest absolute Gasteiger partial charge is 0.342 e. The van der Waals surface area contributed by atoms with Crippen molar-refractivity contribution in [2.45, 2.75) is 45.1 Å². The maximum Gasteiger partial charge on any atom is 0.227 e. The number of hydrogen-bond donors (Lipinski definition) is 0. The summed E-state index contributed by atoms with van der Waals surface area (Å²) in [7, 11) is 0. The van der Waals surface area contributed by atoms with Crippen LogP contribution in [0.15, 0.2) is 24.3 Å². The van der Waals surface area contributed by atoms with Crippen LogP contribution in [0, 0.1) is 5.82 Å². The lowest BCUT2D eigenvalue weighted by molar-refractivity contribution is -0.131. The first-order valence-electron chi connectivity index (χ1n) is 10.2. The van der Waals surface area contributed by atoms with Crippen molar-refractivity contribution in [3.05, 3.63) is 47.3 Å². The number of fused-ring (bicyclic) bond motifs is 1. The first kappa shape index (κ1) is 19.5. The summed E-state index contributed by atoms with van der Waals surface area (Å²) in [6, 6.07) is 6.07. The molecule has 2 aromatic rings. The molecule has 2 aliphatic heterocycles. The highest BCUT2D eigenvalue weighted by Crippen LogP contribution is 2.27. The number of aromatic nitrogens is 3. The second kappa shape index (κ2) is 8.31. The van der Waals surface area contributed by atoms with Gasteiger partial charge in [-0.05, 0) is 30.5 Å². The SMILES string of the molecule is CC(=O)N1CCC[C@@H](c2nnc3n2CCN(C(=O)Cc2ccc(F)cc2)CC3)C1. The van der Waals surface area contributed by atoms with Gasteiger partial charge in [-0.3, -0.25) is 9.59 Å². The third-order valence-electron chi connectivity index (χ3n) is 5.91. The van der Waals surface area contributed by atoms with Gasteiger partial charge in [0.05, 0.1) is 6.42 Å². The lowest BCUT2D eigenvalue weighted by Gasteiger charge is -2.31. The summed E-state index contributed by atoms with van der Waals surface area (Å²) in [4.78, 5) is 28.2. The van der Waals surface area contributed by atoms with E-state index in [1.165, 1.54) is 12.1 Å². The maximum atomic E-state index is 13.1. The van der Waals surface area contributed by atoms with Gasteiger partial charge in [0.1, 0.15) is 17.5 Å². The number of rotatable bonds is 3. The molecule has 1 aromatic heterocycles. The maximum absolute atomic E-state index is 13.1. The molecule has 2 aliphatic rings. The standard InChI is InChI=1S/C21H26FN5O2/c1-15(28)26-9-2-3-17(14-26)21-24-23-19-8-10-25(11-12-27(19)21)20(29)13-16-4-6-18(22)7-5-16/h4-7,17H,2-3,8-14H2,1H3/t17-/m1/s1. The highest BCUT2D eigenvalue weighted by atomic mass is 19.1. The van der Waals surface area contributed by atoms with Gasteiger partial charge < -0.3 is 14.4 Å². The molecule has 0 spiro atoms. The number of likely N-dealkylation sites (tertiary alicyclic amines) is 1. The van der Waals surface area contributed by atoms with E-state index in [0.29, 0.717) is 32.6 Å². The van der Waals surface area contributed by atoms with Crippen LogP contribution in [-0.4, -0.2) is 62.6 Å². The molecule has 154 valence electrons. The Balaban J connectivity index is 1.42. The van der Waals surface area contributed by atoms with Crippen molar-refractivity contribution >= 4 is 11.8 Å². The predicted molar refractivity (Wildman–Crippen MR) is 105 cm³/mol. The Kier molecular flexibility index (Phi) is 5.60. The minimum atomic E-state index is -0.299. The van der Waals surface area contributed by atoms with Crippen molar-refractivity contribution in [3.8, 4) is 0 Å². The smallest absolute Gasteiger partial charge is 0.227 e. The molecule has 3 heterocycles. The highest BCUT2D eigenvalue weighted by Gasteiger charge is 2.29. The molecular weight excluding hydrogens is 373 g/mol. The fourth-order valence-corrected chi connectivity index (χ4v) is 4.26. The van der Waals surface area contributed by atoms with Crippen molar-refractivity contribution in [3.63, 3.8) is 0 Å². The zero-order valence-electron chi connectivity index (χ0n) is 16.7. The number of hydrogen-bond acceptors (Lipinski definition) is 4. The van der Waals surface area contributed by atoms with Crippen LogP contribution >= 0.6 is 0 Å². The van der Waals surface area contributed by atoms with E-state index >= 15 is 0 Å². The van der Waals surface area contributed by atoms with E-state index < -0.39 is 0 Å². The van der Waals surface area contributed by atoms with Gasteiger partial charge in [0.15, 0.2) is 0 Å². The molecule has 29 heavy (non-hydrogen) atoms. The normalized spacial score (nSPS) is 19.6. The summed E-state index contributed by atoms with van der Waals surface area (Å²) in [5.74, 6) is 1.86. The molecule has 8 heteroatoms. The Morgan fingerprint density at radius 3 is 2.62 bits per heavy atom. The summed E-state index contributed by atoms with van der Waals surface area (Å²) in [6.45, 7) is 4.95. The van der Waals surface area contributed by atoms with Gasteiger partial charge in [-0.2, -0.15) is 0 Å². The average molecular weight is 399 g/mol. The third-order valence-corrected chi connectivity index (χ3v) is 5.91. The summed E-state index contributed by atoms with van der Waals surface area (Å²) >= 11 is 0. The molecule has 0 bridgehead atoms. The van der Waals surface area contributed by atoms with Crippen LogP contribution in [0.5, 0.6) is 0 Å². The van der Waals surface area contributed by atoms with Crippen molar-refractivity contribution in [1.82, 2.24) is 24.6 Å². The minimum absolute atomic E-state index is 0.0392. The molecule has 1 aromatic carbocycles. The predicted octanol–water partition coefficient (Wildman–Crippen LogP) is 1.77. The Hall–Kier alpha value is -2.77.